The first kappa shape index (κ1) is 12.6. The number of hydrogen-bond donors (Lipinski definition) is 0. The van der Waals surface area contributed by atoms with Crippen molar-refractivity contribution in [3.8, 4) is 0 Å². The van der Waals surface area contributed by atoms with Crippen molar-refractivity contribution in [2.75, 3.05) is 0 Å². The van der Waals surface area contributed by atoms with Gasteiger partial charge in [-0.05, 0) is 23.0 Å². The third kappa shape index (κ3) is 3.53. The molecule has 0 amide bonds. The van der Waals surface area contributed by atoms with E-state index >= 15 is 0 Å². The van der Waals surface area contributed by atoms with E-state index in [2.05, 4.69) is 52.0 Å². The molecule has 1 atom stereocenters. The molecule has 0 N–H and O–H groups in total. The van der Waals surface area contributed by atoms with Crippen LogP contribution >= 0.6 is 11.6 Å². The minimum Gasteiger partial charge on any atom is -0.118 e. The Labute approximate surface area is 98.7 Å². The van der Waals surface area contributed by atoms with E-state index in [1.807, 2.05) is 0 Å². The van der Waals surface area contributed by atoms with Crippen molar-refractivity contribution in [1.82, 2.24) is 0 Å². The fourth-order valence-corrected chi connectivity index (χ4v) is 1.98. The Balaban J connectivity index is 2.81. The maximum Gasteiger partial charge on any atom is 0.0585 e. The third-order valence-corrected chi connectivity index (χ3v) is 3.15. The Morgan fingerprint density at radius 1 is 1.13 bits per heavy atom. The van der Waals surface area contributed by atoms with Gasteiger partial charge >= 0.3 is 0 Å². The van der Waals surface area contributed by atoms with E-state index in [1.165, 1.54) is 11.1 Å². The molecule has 0 aliphatic rings. The van der Waals surface area contributed by atoms with Gasteiger partial charge in [-0.3, -0.25) is 0 Å². The normalized spacial score (nSPS) is 13.9. The second-order valence-electron chi connectivity index (χ2n) is 5.13. The van der Waals surface area contributed by atoms with Gasteiger partial charge < -0.3 is 0 Å². The van der Waals surface area contributed by atoms with E-state index < -0.39 is 0 Å². The molecule has 84 valence electrons. The van der Waals surface area contributed by atoms with E-state index in [1.54, 1.807) is 0 Å². The minimum atomic E-state index is 0.170. The van der Waals surface area contributed by atoms with Crippen LogP contribution in [-0.4, -0.2) is 0 Å². The van der Waals surface area contributed by atoms with Crippen LogP contribution in [0.3, 0.4) is 0 Å². The summed E-state index contributed by atoms with van der Waals surface area (Å²) in [4.78, 5) is 0. The quantitative estimate of drug-likeness (QED) is 0.630. The molecule has 1 aromatic rings. The van der Waals surface area contributed by atoms with Gasteiger partial charge in [0.1, 0.15) is 0 Å². The fourth-order valence-electron chi connectivity index (χ4n) is 1.61. The molecule has 15 heavy (non-hydrogen) atoms. The van der Waals surface area contributed by atoms with Crippen molar-refractivity contribution >= 4 is 11.6 Å². The Hall–Kier alpha value is -0.490. The second kappa shape index (κ2) is 5.03. The summed E-state index contributed by atoms with van der Waals surface area (Å²) in [6, 6.07) is 8.71. The topological polar surface area (TPSA) is 0 Å². The van der Waals surface area contributed by atoms with Gasteiger partial charge in [0.2, 0.25) is 0 Å². The molecule has 0 saturated carbocycles. The molecular formula is C14H21Cl. The van der Waals surface area contributed by atoms with Crippen LogP contribution in [-0.2, 0) is 5.41 Å². The molecule has 0 heterocycles. The number of halogens is 1. The second-order valence-corrected chi connectivity index (χ2v) is 5.66. The lowest BCUT2D eigenvalue weighted by Gasteiger charge is -2.19. The zero-order valence-electron chi connectivity index (χ0n) is 10.2. The van der Waals surface area contributed by atoms with Crippen LogP contribution in [0.15, 0.2) is 24.3 Å². The number of rotatable bonds is 3. The Kier molecular flexibility index (Phi) is 4.21. The molecule has 0 nitrogen and oxygen atoms in total. The molecule has 1 unspecified atom stereocenters. The molecule has 0 aliphatic heterocycles. The first-order valence-electron chi connectivity index (χ1n) is 5.69. The average molecular weight is 225 g/mol. The van der Waals surface area contributed by atoms with Crippen molar-refractivity contribution in [2.45, 2.75) is 51.3 Å². The van der Waals surface area contributed by atoms with Gasteiger partial charge in [0.15, 0.2) is 0 Å². The van der Waals surface area contributed by atoms with Crippen molar-refractivity contribution in [3.05, 3.63) is 35.4 Å². The van der Waals surface area contributed by atoms with Crippen molar-refractivity contribution in [3.63, 3.8) is 0 Å². The standard InChI is InChI=1S/C14H21Cl/c1-5-6-13(15)11-7-9-12(10-8-11)14(2,3)4/h7-10,13H,5-6H2,1-4H3. The van der Waals surface area contributed by atoms with Crippen LogP contribution < -0.4 is 0 Å². The molecule has 0 spiro atoms. The van der Waals surface area contributed by atoms with Crippen LogP contribution in [0.4, 0.5) is 0 Å². The third-order valence-electron chi connectivity index (χ3n) is 2.68. The van der Waals surface area contributed by atoms with Gasteiger partial charge in [-0.2, -0.15) is 0 Å². The molecular weight excluding hydrogens is 204 g/mol. The maximum atomic E-state index is 6.27. The predicted molar refractivity (Wildman–Crippen MR) is 68.6 cm³/mol. The summed E-state index contributed by atoms with van der Waals surface area (Å²) < 4.78 is 0. The van der Waals surface area contributed by atoms with Crippen molar-refractivity contribution in [2.24, 2.45) is 0 Å². The van der Waals surface area contributed by atoms with Crippen molar-refractivity contribution in [1.29, 1.82) is 0 Å². The first-order chi connectivity index (χ1) is 6.95. The molecule has 0 aliphatic carbocycles. The van der Waals surface area contributed by atoms with E-state index in [0.717, 1.165) is 12.8 Å². The van der Waals surface area contributed by atoms with Crippen molar-refractivity contribution < 1.29 is 0 Å². The summed E-state index contributed by atoms with van der Waals surface area (Å²) in [6.45, 7) is 8.85. The summed E-state index contributed by atoms with van der Waals surface area (Å²) in [5, 5.41) is 0.170. The fraction of sp³-hybridized carbons (Fsp3) is 0.571. The van der Waals surface area contributed by atoms with Gasteiger partial charge in [-0.15, -0.1) is 11.6 Å². The highest BCUT2D eigenvalue weighted by Gasteiger charge is 2.14. The minimum absolute atomic E-state index is 0.170. The van der Waals surface area contributed by atoms with Crippen LogP contribution in [0.25, 0.3) is 0 Å². The van der Waals surface area contributed by atoms with E-state index in [4.69, 9.17) is 11.6 Å². The average Bonchev–Trinajstić information content (AvgIpc) is 2.17. The SMILES string of the molecule is CCCC(Cl)c1ccc(C(C)(C)C)cc1. The van der Waals surface area contributed by atoms with Gasteiger partial charge in [-0.25, -0.2) is 0 Å². The van der Waals surface area contributed by atoms with Crippen LogP contribution in [0.5, 0.6) is 0 Å². The molecule has 1 aromatic carbocycles. The molecule has 0 radical (unpaired) electrons. The van der Waals surface area contributed by atoms with Gasteiger partial charge in [-0.1, -0.05) is 58.4 Å². The van der Waals surface area contributed by atoms with Crippen LogP contribution in [0.2, 0.25) is 0 Å². The smallest absolute Gasteiger partial charge is 0.0585 e. The number of hydrogen-bond acceptors (Lipinski definition) is 0. The molecule has 1 heteroatoms. The Bertz CT molecular complexity index is 292. The zero-order valence-corrected chi connectivity index (χ0v) is 10.9. The lowest BCUT2D eigenvalue weighted by molar-refractivity contribution is 0.589. The van der Waals surface area contributed by atoms with Crippen LogP contribution in [0.1, 0.15) is 57.0 Å². The highest BCUT2D eigenvalue weighted by atomic mass is 35.5. The summed E-state index contributed by atoms with van der Waals surface area (Å²) in [7, 11) is 0. The number of alkyl halides is 1. The van der Waals surface area contributed by atoms with Gasteiger partial charge in [0.05, 0.1) is 5.38 Å². The number of benzene rings is 1. The van der Waals surface area contributed by atoms with E-state index in [-0.39, 0.29) is 10.8 Å². The monoisotopic (exact) mass is 224 g/mol. The molecule has 1 rings (SSSR count). The summed E-state index contributed by atoms with van der Waals surface area (Å²) in [5.74, 6) is 0. The predicted octanol–water partition coefficient (Wildman–Crippen LogP) is 5.06. The molecule has 0 aromatic heterocycles. The summed E-state index contributed by atoms with van der Waals surface area (Å²) >= 11 is 6.27. The summed E-state index contributed by atoms with van der Waals surface area (Å²) in [6.07, 6.45) is 2.19. The Morgan fingerprint density at radius 2 is 1.67 bits per heavy atom. The first-order valence-corrected chi connectivity index (χ1v) is 6.13. The maximum absolute atomic E-state index is 6.27. The zero-order chi connectivity index (χ0) is 11.5. The molecule has 0 fully saturated rings. The van der Waals surface area contributed by atoms with E-state index in [0.29, 0.717) is 0 Å². The largest absolute Gasteiger partial charge is 0.118 e. The highest BCUT2D eigenvalue weighted by molar-refractivity contribution is 6.20. The molecule has 0 bridgehead atoms. The highest BCUT2D eigenvalue weighted by Crippen LogP contribution is 2.28. The molecule has 0 saturated heterocycles. The van der Waals surface area contributed by atoms with Gasteiger partial charge in [0, 0.05) is 0 Å². The van der Waals surface area contributed by atoms with Gasteiger partial charge in [0.25, 0.3) is 0 Å². The van der Waals surface area contributed by atoms with E-state index in [9.17, 15) is 0 Å². The Morgan fingerprint density at radius 3 is 2.07 bits per heavy atom. The lowest BCUT2D eigenvalue weighted by atomic mass is 9.86. The van der Waals surface area contributed by atoms with Crippen LogP contribution in [0, 0.1) is 0 Å². The lowest BCUT2D eigenvalue weighted by Crippen LogP contribution is -2.10. The summed E-state index contributed by atoms with van der Waals surface area (Å²) in [5.41, 5.74) is 2.84.